The summed E-state index contributed by atoms with van der Waals surface area (Å²) in [6.07, 6.45) is 0. The van der Waals surface area contributed by atoms with Gasteiger partial charge in [-0.2, -0.15) is 0 Å². The predicted octanol–water partition coefficient (Wildman–Crippen LogP) is 0.756. The smallest absolute Gasteiger partial charge is 0.317 e. The van der Waals surface area contributed by atoms with Crippen LogP contribution >= 0.6 is 0 Å². The Morgan fingerprint density at radius 3 is 2.04 bits per heavy atom. The molecule has 0 saturated carbocycles. The van der Waals surface area contributed by atoms with Crippen LogP contribution in [0.1, 0.15) is 10.4 Å². The monoisotopic (exact) mass is 340 g/mol. The van der Waals surface area contributed by atoms with Crippen LogP contribution in [0.3, 0.4) is 0 Å². The van der Waals surface area contributed by atoms with E-state index in [2.05, 4.69) is 5.18 Å². The maximum atomic E-state index is 12.5. The first-order valence-electron chi connectivity index (χ1n) is 6.61. The van der Waals surface area contributed by atoms with Gasteiger partial charge in [0, 0.05) is 0 Å². The minimum absolute atomic E-state index is 0.0369. The summed E-state index contributed by atoms with van der Waals surface area (Å²) in [6.45, 7) is -1.87. The molecule has 10 heteroatoms. The number of methoxy groups -OCH3 is 2. The van der Waals surface area contributed by atoms with Gasteiger partial charge >= 0.3 is 11.9 Å². The molecule has 130 valence electrons. The van der Waals surface area contributed by atoms with E-state index in [-0.39, 0.29) is 22.7 Å². The maximum Gasteiger partial charge on any atom is 0.317 e. The Balaban J connectivity index is 3.22. The summed E-state index contributed by atoms with van der Waals surface area (Å²) in [5.41, 5.74) is -0.420. The first-order chi connectivity index (χ1) is 11.3. The van der Waals surface area contributed by atoms with E-state index in [9.17, 15) is 19.3 Å². The van der Waals surface area contributed by atoms with Crippen molar-refractivity contribution in [1.29, 1.82) is 0 Å². The minimum Gasteiger partial charge on any atom is -0.493 e. The largest absolute Gasteiger partial charge is 0.493 e. The molecular formula is C14H16N2O8. The van der Waals surface area contributed by atoms with Gasteiger partial charge in [-0.25, -0.2) is 0 Å². The SMILES string of the molecule is COc1ccc(N=O)c(C(=O)CN(CC(=O)O)CC(=O)O)c1OC. The van der Waals surface area contributed by atoms with Gasteiger partial charge in [-0.3, -0.25) is 19.3 Å². The number of carbonyl (C=O) groups excluding carboxylic acids is 1. The summed E-state index contributed by atoms with van der Waals surface area (Å²) in [4.78, 5) is 45.9. The van der Waals surface area contributed by atoms with Crippen molar-refractivity contribution in [3.05, 3.63) is 22.6 Å². The Morgan fingerprint density at radius 1 is 1.04 bits per heavy atom. The van der Waals surface area contributed by atoms with Gasteiger partial charge in [-0.1, -0.05) is 0 Å². The van der Waals surface area contributed by atoms with Crippen LogP contribution in [0.2, 0.25) is 0 Å². The van der Waals surface area contributed by atoms with Crippen LogP contribution in [0.15, 0.2) is 17.3 Å². The van der Waals surface area contributed by atoms with Crippen LogP contribution in [-0.2, 0) is 9.59 Å². The topological polar surface area (TPSA) is 143 Å². The van der Waals surface area contributed by atoms with Crippen molar-refractivity contribution in [3.63, 3.8) is 0 Å². The fraction of sp³-hybridized carbons (Fsp3) is 0.357. The average Bonchev–Trinajstić information content (AvgIpc) is 2.51. The number of carboxylic acid groups (broad SMARTS) is 2. The Kier molecular flexibility index (Phi) is 6.80. The van der Waals surface area contributed by atoms with E-state index >= 15 is 0 Å². The number of hydrogen-bond acceptors (Lipinski definition) is 8. The summed E-state index contributed by atoms with van der Waals surface area (Å²) < 4.78 is 10.1. The number of Topliss-reactive ketones (excluding diaryl/α,β-unsaturated/α-hetero) is 1. The zero-order chi connectivity index (χ0) is 18.3. The standard InChI is InChI=1S/C14H16N2O8/c1-23-10-4-3-8(15-22)13(14(10)24-2)9(17)5-16(6-11(18)19)7-12(20)21/h3-4H,5-7H2,1-2H3,(H,18,19)(H,20,21). The molecular weight excluding hydrogens is 324 g/mol. The fourth-order valence-corrected chi connectivity index (χ4v) is 2.09. The highest BCUT2D eigenvalue weighted by Gasteiger charge is 2.25. The van der Waals surface area contributed by atoms with Crippen molar-refractivity contribution in [1.82, 2.24) is 4.90 Å². The van der Waals surface area contributed by atoms with Crippen molar-refractivity contribution in [2.75, 3.05) is 33.9 Å². The molecule has 2 N–H and O–H groups in total. The normalized spacial score (nSPS) is 10.3. The van der Waals surface area contributed by atoms with Crippen LogP contribution < -0.4 is 9.47 Å². The second-order valence-corrected chi connectivity index (χ2v) is 4.64. The van der Waals surface area contributed by atoms with Crippen LogP contribution in [0, 0.1) is 4.91 Å². The molecule has 1 rings (SSSR count). The van der Waals surface area contributed by atoms with Crippen LogP contribution in [0.5, 0.6) is 11.5 Å². The molecule has 1 aromatic carbocycles. The molecule has 1 aromatic rings. The molecule has 0 aliphatic heterocycles. The average molecular weight is 340 g/mol. The highest BCUT2D eigenvalue weighted by atomic mass is 16.5. The van der Waals surface area contributed by atoms with Crippen molar-refractivity contribution < 1.29 is 34.1 Å². The van der Waals surface area contributed by atoms with E-state index in [4.69, 9.17) is 19.7 Å². The van der Waals surface area contributed by atoms with Crippen molar-refractivity contribution in [3.8, 4) is 11.5 Å². The summed E-state index contributed by atoms with van der Waals surface area (Å²) in [6, 6.07) is 2.64. The van der Waals surface area contributed by atoms with Crippen molar-refractivity contribution in [2.45, 2.75) is 0 Å². The van der Waals surface area contributed by atoms with Gasteiger partial charge in [0.2, 0.25) is 0 Å². The number of ether oxygens (including phenoxy) is 2. The van der Waals surface area contributed by atoms with Crippen molar-refractivity contribution in [2.24, 2.45) is 5.18 Å². The number of nitroso groups, excluding NO2 is 1. The molecule has 0 unspecified atom stereocenters. The molecule has 0 aromatic heterocycles. The third-order valence-electron chi connectivity index (χ3n) is 2.99. The van der Waals surface area contributed by atoms with Crippen molar-refractivity contribution >= 4 is 23.4 Å². The fourth-order valence-electron chi connectivity index (χ4n) is 2.09. The van der Waals surface area contributed by atoms with Crippen LogP contribution in [0.25, 0.3) is 0 Å². The molecule has 0 fully saturated rings. The number of carboxylic acids is 2. The lowest BCUT2D eigenvalue weighted by Crippen LogP contribution is -2.38. The molecule has 0 aliphatic carbocycles. The van der Waals surface area contributed by atoms with E-state index in [1.54, 1.807) is 0 Å². The van der Waals surface area contributed by atoms with Gasteiger partial charge in [0.1, 0.15) is 5.69 Å². The number of rotatable bonds is 10. The molecule has 0 atom stereocenters. The Hall–Kier alpha value is -3.01. The summed E-state index contributed by atoms with van der Waals surface area (Å²) in [5.74, 6) is -3.17. The second-order valence-electron chi connectivity index (χ2n) is 4.64. The molecule has 0 spiro atoms. The van der Waals surface area contributed by atoms with Gasteiger partial charge in [0.25, 0.3) is 0 Å². The quantitative estimate of drug-likeness (QED) is 0.466. The Bertz CT molecular complexity index is 642. The van der Waals surface area contributed by atoms with E-state index in [1.807, 2.05) is 0 Å². The molecule has 0 radical (unpaired) electrons. The highest BCUT2D eigenvalue weighted by Crippen LogP contribution is 2.37. The zero-order valence-electron chi connectivity index (χ0n) is 13.0. The van der Waals surface area contributed by atoms with E-state index in [1.165, 1.54) is 26.4 Å². The van der Waals surface area contributed by atoms with Crippen LogP contribution in [-0.4, -0.2) is 66.7 Å². The maximum absolute atomic E-state index is 12.5. The number of hydrogen-bond donors (Lipinski definition) is 2. The Morgan fingerprint density at radius 2 is 1.62 bits per heavy atom. The molecule has 0 saturated heterocycles. The van der Waals surface area contributed by atoms with Gasteiger partial charge in [-0.05, 0) is 17.3 Å². The molecule has 0 bridgehead atoms. The second kappa shape index (κ2) is 8.58. The molecule has 24 heavy (non-hydrogen) atoms. The lowest BCUT2D eigenvalue weighted by Gasteiger charge is -2.19. The molecule has 10 nitrogen and oxygen atoms in total. The third kappa shape index (κ3) is 4.74. The summed E-state index contributed by atoms with van der Waals surface area (Å²) >= 11 is 0. The summed E-state index contributed by atoms with van der Waals surface area (Å²) in [7, 11) is 2.59. The predicted molar refractivity (Wildman–Crippen MR) is 81.0 cm³/mol. The van der Waals surface area contributed by atoms with E-state index < -0.39 is 37.4 Å². The minimum atomic E-state index is -1.30. The highest BCUT2D eigenvalue weighted by molar-refractivity contribution is 6.05. The van der Waals surface area contributed by atoms with Crippen LogP contribution in [0.4, 0.5) is 5.69 Å². The van der Waals surface area contributed by atoms with Gasteiger partial charge in [0.05, 0.1) is 39.4 Å². The number of benzene rings is 1. The first kappa shape index (κ1) is 19.0. The zero-order valence-corrected chi connectivity index (χ0v) is 13.0. The Labute approximate surface area is 136 Å². The number of carbonyl (C=O) groups is 3. The number of ketones is 1. The molecule has 0 heterocycles. The first-order valence-corrected chi connectivity index (χ1v) is 6.61. The third-order valence-corrected chi connectivity index (χ3v) is 2.99. The van der Waals surface area contributed by atoms with Gasteiger partial charge in [-0.15, -0.1) is 4.91 Å². The lowest BCUT2D eigenvalue weighted by atomic mass is 10.1. The summed E-state index contributed by atoms with van der Waals surface area (Å²) in [5, 5.41) is 20.4. The van der Waals surface area contributed by atoms with E-state index in [0.717, 1.165) is 4.90 Å². The van der Waals surface area contributed by atoms with Gasteiger partial charge in [0.15, 0.2) is 17.3 Å². The molecule has 0 aliphatic rings. The van der Waals surface area contributed by atoms with Gasteiger partial charge < -0.3 is 19.7 Å². The number of aliphatic carboxylic acids is 2. The van der Waals surface area contributed by atoms with E-state index in [0.29, 0.717) is 0 Å². The number of nitrogens with zero attached hydrogens (tertiary/aromatic N) is 2. The lowest BCUT2D eigenvalue weighted by molar-refractivity contribution is -0.141. The molecule has 0 amide bonds.